The van der Waals surface area contributed by atoms with Gasteiger partial charge >= 0.3 is 0 Å². The average molecular weight is 616 g/mol. The Morgan fingerprint density at radius 1 is 0.864 bits per heavy atom. The van der Waals surface area contributed by atoms with Crippen molar-refractivity contribution in [1.82, 2.24) is 21.3 Å². The Labute approximate surface area is 264 Å². The van der Waals surface area contributed by atoms with Crippen LogP contribution in [0.5, 0.6) is 5.75 Å². The number of carbonyl (C=O) groups excluding carboxylic acids is 4. The first-order chi connectivity index (χ1) is 21.2. The third-order valence-electron chi connectivity index (χ3n) is 8.27. The van der Waals surface area contributed by atoms with Crippen LogP contribution in [0.1, 0.15) is 110 Å². The molecule has 2 rings (SSSR count). The normalized spacial score (nSPS) is 15.5. The Bertz CT molecular complexity index is 996. The quantitative estimate of drug-likeness (QED) is 0.132. The first-order valence-corrected chi connectivity index (χ1v) is 16.8. The summed E-state index contributed by atoms with van der Waals surface area (Å²) in [7, 11) is 0. The minimum absolute atomic E-state index is 0.146. The van der Waals surface area contributed by atoms with Gasteiger partial charge in [0.05, 0.1) is 19.7 Å². The molecule has 10 heteroatoms. The predicted molar refractivity (Wildman–Crippen MR) is 174 cm³/mol. The number of rotatable bonds is 21. The molecule has 44 heavy (non-hydrogen) atoms. The summed E-state index contributed by atoms with van der Waals surface area (Å²) in [6.07, 6.45) is 14.8. The van der Waals surface area contributed by atoms with Crippen LogP contribution in [0.2, 0.25) is 0 Å². The lowest BCUT2D eigenvalue weighted by Gasteiger charge is -2.24. The number of hydrogen-bond acceptors (Lipinski definition) is 6. The van der Waals surface area contributed by atoms with E-state index in [4.69, 9.17) is 10.5 Å². The molecule has 0 heterocycles. The molecule has 3 unspecified atom stereocenters. The second kappa shape index (κ2) is 21.5. The van der Waals surface area contributed by atoms with E-state index in [2.05, 4.69) is 28.2 Å². The van der Waals surface area contributed by atoms with Crippen molar-refractivity contribution < 1.29 is 23.9 Å². The summed E-state index contributed by atoms with van der Waals surface area (Å²) in [5.41, 5.74) is 6.33. The maximum absolute atomic E-state index is 13.3. The lowest BCUT2D eigenvalue weighted by molar-refractivity contribution is -0.132. The van der Waals surface area contributed by atoms with Crippen LogP contribution >= 0.6 is 0 Å². The van der Waals surface area contributed by atoms with Crippen LogP contribution in [0.15, 0.2) is 24.3 Å². The zero-order valence-corrected chi connectivity index (χ0v) is 27.3. The molecule has 1 aliphatic carbocycles. The number of unbranched alkanes of at least 4 members (excludes halogenated alkanes) is 3. The molecule has 4 amide bonds. The van der Waals surface area contributed by atoms with Crippen molar-refractivity contribution in [3.8, 4) is 5.75 Å². The van der Waals surface area contributed by atoms with E-state index in [0.717, 1.165) is 49.5 Å². The topological polar surface area (TPSA) is 152 Å². The molecule has 248 valence electrons. The fraction of sp³-hybridized carbons (Fsp3) is 0.706. The molecule has 0 spiro atoms. The number of ether oxygens (including phenoxy) is 1. The highest BCUT2D eigenvalue weighted by Crippen LogP contribution is 2.27. The number of nitrogens with two attached hydrogens (primary N) is 1. The van der Waals surface area contributed by atoms with Crippen molar-refractivity contribution >= 4 is 23.6 Å². The second-order valence-corrected chi connectivity index (χ2v) is 12.2. The minimum Gasteiger partial charge on any atom is -0.494 e. The van der Waals surface area contributed by atoms with Gasteiger partial charge in [0, 0.05) is 6.04 Å². The van der Waals surface area contributed by atoms with Crippen molar-refractivity contribution in [2.75, 3.05) is 19.7 Å². The fourth-order valence-electron chi connectivity index (χ4n) is 5.66. The SMILES string of the molecule is CCCCCC(NC(=O)C(CC)NC(=O)CNC(=O)CN)C(=O)NC(C)Cc1ccc(OCCCCC2CCCCC2)cc1. The van der Waals surface area contributed by atoms with Gasteiger partial charge in [-0.05, 0) is 62.6 Å². The molecule has 0 aromatic heterocycles. The van der Waals surface area contributed by atoms with Crippen molar-refractivity contribution in [3.63, 3.8) is 0 Å². The molecule has 10 nitrogen and oxygen atoms in total. The van der Waals surface area contributed by atoms with Crippen LogP contribution in [0, 0.1) is 5.92 Å². The number of carbonyl (C=O) groups is 4. The zero-order valence-electron chi connectivity index (χ0n) is 27.3. The lowest BCUT2D eigenvalue weighted by atomic mass is 9.86. The van der Waals surface area contributed by atoms with Crippen molar-refractivity contribution in [3.05, 3.63) is 29.8 Å². The molecule has 0 saturated heterocycles. The first-order valence-electron chi connectivity index (χ1n) is 16.8. The highest BCUT2D eigenvalue weighted by molar-refractivity contribution is 5.93. The number of amides is 4. The van der Waals surface area contributed by atoms with Crippen LogP contribution in [-0.4, -0.2) is 61.5 Å². The van der Waals surface area contributed by atoms with Crippen LogP contribution < -0.4 is 31.7 Å². The Kier molecular flexibility index (Phi) is 18.1. The van der Waals surface area contributed by atoms with Gasteiger partial charge in [0.15, 0.2) is 0 Å². The summed E-state index contributed by atoms with van der Waals surface area (Å²) in [5.74, 6) is 0.143. The molecule has 3 atom stereocenters. The summed E-state index contributed by atoms with van der Waals surface area (Å²) in [6.45, 7) is 6.03. The highest BCUT2D eigenvalue weighted by Gasteiger charge is 2.26. The molecule has 1 aliphatic rings. The minimum atomic E-state index is -0.825. The summed E-state index contributed by atoms with van der Waals surface area (Å²) < 4.78 is 5.96. The van der Waals surface area contributed by atoms with E-state index < -0.39 is 29.8 Å². The van der Waals surface area contributed by atoms with Gasteiger partial charge in [-0.25, -0.2) is 0 Å². The van der Waals surface area contributed by atoms with Crippen LogP contribution in [0.25, 0.3) is 0 Å². The van der Waals surface area contributed by atoms with Gasteiger partial charge in [-0.1, -0.05) is 83.8 Å². The maximum Gasteiger partial charge on any atom is 0.243 e. The average Bonchev–Trinajstić information content (AvgIpc) is 3.02. The predicted octanol–water partition coefficient (Wildman–Crippen LogP) is 3.90. The second-order valence-electron chi connectivity index (χ2n) is 12.2. The standard InChI is InChI=1S/C34H57N5O5/c1-4-6-8-16-30(39-33(42)29(5-2)38-32(41)24-36-31(40)23-35)34(43)37-25(3)22-27-17-19-28(20-18-27)44-21-12-11-15-26-13-9-7-10-14-26/h17-20,25-26,29-30H,4-16,21-24,35H2,1-3H3,(H,36,40)(H,37,43)(H,38,41)(H,39,42). The Morgan fingerprint density at radius 3 is 2.23 bits per heavy atom. The van der Waals surface area contributed by atoms with Gasteiger partial charge in [-0.3, -0.25) is 19.2 Å². The Morgan fingerprint density at radius 2 is 1.57 bits per heavy atom. The molecule has 0 aliphatic heterocycles. The van der Waals surface area contributed by atoms with E-state index in [1.54, 1.807) is 6.92 Å². The largest absolute Gasteiger partial charge is 0.494 e. The molecule has 1 aromatic carbocycles. The van der Waals surface area contributed by atoms with E-state index in [-0.39, 0.29) is 25.0 Å². The van der Waals surface area contributed by atoms with E-state index in [0.29, 0.717) is 19.3 Å². The van der Waals surface area contributed by atoms with E-state index in [1.165, 1.54) is 44.9 Å². The van der Waals surface area contributed by atoms with Gasteiger partial charge in [0.25, 0.3) is 0 Å². The zero-order chi connectivity index (χ0) is 32.2. The van der Waals surface area contributed by atoms with Gasteiger partial charge < -0.3 is 31.7 Å². The summed E-state index contributed by atoms with van der Waals surface area (Å²) in [4.78, 5) is 49.8. The lowest BCUT2D eigenvalue weighted by Crippen LogP contribution is -2.55. The third-order valence-corrected chi connectivity index (χ3v) is 8.27. The van der Waals surface area contributed by atoms with Crippen molar-refractivity contribution in [2.45, 2.75) is 129 Å². The van der Waals surface area contributed by atoms with E-state index in [9.17, 15) is 19.2 Å². The Hall–Kier alpha value is -3.14. The molecular formula is C34H57N5O5. The van der Waals surface area contributed by atoms with Crippen LogP contribution in [0.4, 0.5) is 0 Å². The summed E-state index contributed by atoms with van der Waals surface area (Å²) in [5, 5.41) is 10.9. The van der Waals surface area contributed by atoms with Crippen LogP contribution in [0.3, 0.4) is 0 Å². The van der Waals surface area contributed by atoms with E-state index >= 15 is 0 Å². The molecule has 1 saturated carbocycles. The number of hydrogen-bond donors (Lipinski definition) is 5. The van der Waals surface area contributed by atoms with Crippen molar-refractivity contribution in [2.24, 2.45) is 11.7 Å². The van der Waals surface area contributed by atoms with Gasteiger partial charge in [0.2, 0.25) is 23.6 Å². The molecule has 0 radical (unpaired) electrons. The third kappa shape index (κ3) is 15.0. The molecule has 1 aromatic rings. The smallest absolute Gasteiger partial charge is 0.243 e. The molecule has 0 bridgehead atoms. The van der Waals surface area contributed by atoms with E-state index in [1.807, 2.05) is 31.2 Å². The fourth-order valence-corrected chi connectivity index (χ4v) is 5.66. The molecular weight excluding hydrogens is 558 g/mol. The Balaban J connectivity index is 1.81. The van der Waals surface area contributed by atoms with Gasteiger partial charge in [-0.15, -0.1) is 0 Å². The number of nitrogens with one attached hydrogen (secondary N) is 4. The van der Waals surface area contributed by atoms with Gasteiger partial charge in [0.1, 0.15) is 17.8 Å². The van der Waals surface area contributed by atoms with Crippen molar-refractivity contribution in [1.29, 1.82) is 0 Å². The summed E-state index contributed by atoms with van der Waals surface area (Å²) in [6, 6.07) is 6.35. The monoisotopic (exact) mass is 615 g/mol. The highest BCUT2D eigenvalue weighted by atomic mass is 16.5. The summed E-state index contributed by atoms with van der Waals surface area (Å²) >= 11 is 0. The van der Waals surface area contributed by atoms with Crippen LogP contribution in [-0.2, 0) is 25.6 Å². The first kappa shape index (κ1) is 37.0. The molecule has 1 fully saturated rings. The maximum atomic E-state index is 13.3. The molecule has 6 N–H and O–H groups in total. The van der Waals surface area contributed by atoms with Gasteiger partial charge in [-0.2, -0.15) is 0 Å². The number of benzene rings is 1.